The van der Waals surface area contributed by atoms with Crippen molar-refractivity contribution in [2.45, 2.75) is 19.6 Å². The van der Waals surface area contributed by atoms with Crippen LogP contribution >= 0.6 is 23.2 Å². The summed E-state index contributed by atoms with van der Waals surface area (Å²) in [5.41, 5.74) is 1.64. The Labute approximate surface area is 100 Å². The van der Waals surface area contributed by atoms with E-state index in [4.69, 9.17) is 23.2 Å². The fourth-order valence-corrected chi connectivity index (χ4v) is 2.34. The first kappa shape index (κ1) is 12.8. The van der Waals surface area contributed by atoms with Crippen LogP contribution in [0.4, 0.5) is 0 Å². The zero-order valence-electron chi connectivity index (χ0n) is 9.09. The number of aliphatic hydroxyl groups is 1. The van der Waals surface area contributed by atoms with Gasteiger partial charge in [0.1, 0.15) is 0 Å². The Morgan fingerprint density at radius 3 is 2.07 bits per heavy atom. The fourth-order valence-electron chi connectivity index (χ4n) is 1.49. The maximum Gasteiger partial charge on any atom is 0.0791 e. The van der Waals surface area contributed by atoms with E-state index < -0.39 is 6.10 Å². The van der Waals surface area contributed by atoms with Gasteiger partial charge >= 0.3 is 0 Å². The third kappa shape index (κ3) is 3.35. The predicted octanol–water partition coefficient (Wildman–Crippen LogP) is 3.11. The van der Waals surface area contributed by atoms with E-state index in [-0.39, 0.29) is 0 Å². The van der Waals surface area contributed by atoms with E-state index in [0.29, 0.717) is 15.6 Å². The molecule has 0 saturated heterocycles. The van der Waals surface area contributed by atoms with Gasteiger partial charge in [-0.1, -0.05) is 23.2 Å². The van der Waals surface area contributed by atoms with Crippen molar-refractivity contribution in [1.29, 1.82) is 0 Å². The number of nitrogens with zero attached hydrogens (tertiary/aromatic N) is 1. The van der Waals surface area contributed by atoms with Crippen molar-refractivity contribution in [2.24, 2.45) is 0 Å². The minimum absolute atomic E-state index is 0.523. The number of hydrogen-bond acceptors (Lipinski definition) is 2. The molecule has 84 valence electrons. The molecule has 1 aromatic rings. The number of benzene rings is 1. The molecule has 0 aliphatic heterocycles. The monoisotopic (exact) mass is 247 g/mol. The Hall–Kier alpha value is -0.280. The zero-order chi connectivity index (χ0) is 11.6. The number of hydrogen-bond donors (Lipinski definition) is 1. The number of aliphatic hydroxyl groups excluding tert-OH is 1. The van der Waals surface area contributed by atoms with Crippen LogP contribution < -0.4 is 0 Å². The normalized spacial score (nSPS) is 13.3. The van der Waals surface area contributed by atoms with Gasteiger partial charge in [-0.05, 0) is 38.7 Å². The molecule has 1 N–H and O–H groups in total. The maximum atomic E-state index is 9.48. The van der Waals surface area contributed by atoms with Crippen LogP contribution in [0.5, 0.6) is 0 Å². The molecule has 0 fully saturated rings. The largest absolute Gasteiger partial charge is 0.389 e. The molecule has 0 spiro atoms. The highest BCUT2D eigenvalue weighted by molar-refractivity contribution is 6.36. The molecule has 0 aliphatic rings. The molecule has 15 heavy (non-hydrogen) atoms. The van der Waals surface area contributed by atoms with Crippen LogP contribution in [0, 0.1) is 0 Å². The van der Waals surface area contributed by atoms with E-state index in [0.717, 1.165) is 12.1 Å². The Balaban J connectivity index is 3.08. The van der Waals surface area contributed by atoms with Gasteiger partial charge in [-0.25, -0.2) is 0 Å². The second kappa shape index (κ2) is 5.17. The maximum absolute atomic E-state index is 9.48. The third-order valence-corrected chi connectivity index (χ3v) is 2.68. The summed E-state index contributed by atoms with van der Waals surface area (Å²) in [5, 5.41) is 10.5. The van der Waals surface area contributed by atoms with Crippen LogP contribution in [0.15, 0.2) is 12.1 Å². The Kier molecular flexibility index (Phi) is 4.41. The van der Waals surface area contributed by atoms with E-state index >= 15 is 0 Å². The van der Waals surface area contributed by atoms with Gasteiger partial charge in [0, 0.05) is 22.2 Å². The molecule has 1 rings (SSSR count). The Morgan fingerprint density at radius 2 is 1.73 bits per heavy atom. The van der Waals surface area contributed by atoms with Gasteiger partial charge in [-0.2, -0.15) is 0 Å². The third-order valence-electron chi connectivity index (χ3n) is 2.06. The highest BCUT2D eigenvalue weighted by Gasteiger charge is 2.12. The molecule has 0 aliphatic carbocycles. The lowest BCUT2D eigenvalue weighted by Crippen LogP contribution is -2.11. The van der Waals surface area contributed by atoms with Crippen LogP contribution in [0.1, 0.15) is 24.2 Å². The molecule has 0 saturated carbocycles. The average Bonchev–Trinajstić information content (AvgIpc) is 1.99. The van der Waals surface area contributed by atoms with Gasteiger partial charge < -0.3 is 10.0 Å². The molecule has 0 bridgehead atoms. The smallest absolute Gasteiger partial charge is 0.0791 e. The zero-order valence-corrected chi connectivity index (χ0v) is 10.6. The van der Waals surface area contributed by atoms with Gasteiger partial charge in [-0.3, -0.25) is 0 Å². The molecule has 2 nitrogen and oxygen atoms in total. The summed E-state index contributed by atoms with van der Waals surface area (Å²) in [6.45, 7) is 2.43. The van der Waals surface area contributed by atoms with Crippen molar-refractivity contribution in [3.8, 4) is 0 Å². The molecule has 0 heterocycles. The summed E-state index contributed by atoms with van der Waals surface area (Å²) >= 11 is 12.1. The lowest BCUT2D eigenvalue weighted by atomic mass is 10.1. The Bertz CT molecular complexity index is 327. The highest BCUT2D eigenvalue weighted by atomic mass is 35.5. The summed E-state index contributed by atoms with van der Waals surface area (Å²) in [5.74, 6) is 0. The van der Waals surface area contributed by atoms with E-state index in [1.807, 2.05) is 31.1 Å². The summed E-state index contributed by atoms with van der Waals surface area (Å²) in [4.78, 5) is 2.03. The summed E-state index contributed by atoms with van der Waals surface area (Å²) in [6, 6.07) is 3.69. The average molecular weight is 248 g/mol. The van der Waals surface area contributed by atoms with Crippen molar-refractivity contribution in [3.63, 3.8) is 0 Å². The minimum atomic E-state index is -0.640. The molecule has 1 atom stereocenters. The van der Waals surface area contributed by atoms with Crippen LogP contribution in [0.25, 0.3) is 0 Å². The molecule has 0 aromatic heterocycles. The van der Waals surface area contributed by atoms with Crippen molar-refractivity contribution >= 4 is 23.2 Å². The van der Waals surface area contributed by atoms with Crippen LogP contribution in [0.3, 0.4) is 0 Å². The van der Waals surface area contributed by atoms with Crippen molar-refractivity contribution in [2.75, 3.05) is 14.1 Å². The molecule has 0 radical (unpaired) electrons. The Morgan fingerprint density at radius 1 is 1.27 bits per heavy atom. The van der Waals surface area contributed by atoms with E-state index in [1.165, 1.54) is 0 Å². The molecule has 1 unspecified atom stereocenters. The molecule has 4 heteroatoms. The van der Waals surface area contributed by atoms with E-state index in [2.05, 4.69) is 0 Å². The van der Waals surface area contributed by atoms with Crippen LogP contribution in [-0.4, -0.2) is 24.1 Å². The van der Waals surface area contributed by atoms with E-state index in [1.54, 1.807) is 6.92 Å². The molecular formula is C11H15Cl2NO. The van der Waals surface area contributed by atoms with Gasteiger partial charge in [0.2, 0.25) is 0 Å². The molecule has 0 amide bonds. The van der Waals surface area contributed by atoms with Crippen molar-refractivity contribution in [1.82, 2.24) is 4.90 Å². The second-order valence-corrected chi connectivity index (χ2v) is 4.70. The van der Waals surface area contributed by atoms with Gasteiger partial charge in [-0.15, -0.1) is 0 Å². The van der Waals surface area contributed by atoms with Gasteiger partial charge in [0.25, 0.3) is 0 Å². The molecule has 1 aromatic carbocycles. The second-order valence-electron chi connectivity index (χ2n) is 3.89. The highest BCUT2D eigenvalue weighted by Crippen LogP contribution is 2.31. The van der Waals surface area contributed by atoms with Gasteiger partial charge in [0.15, 0.2) is 0 Å². The lowest BCUT2D eigenvalue weighted by Gasteiger charge is -2.14. The SMILES string of the molecule is CC(O)c1c(Cl)cc(CN(C)C)cc1Cl. The van der Waals surface area contributed by atoms with Crippen molar-refractivity contribution in [3.05, 3.63) is 33.3 Å². The molecular weight excluding hydrogens is 233 g/mol. The first-order chi connectivity index (χ1) is 6.91. The standard InChI is InChI=1S/C11H15Cl2NO/c1-7(15)11-9(12)4-8(5-10(11)13)6-14(2)3/h4-5,7,15H,6H2,1-3H3. The quantitative estimate of drug-likeness (QED) is 0.888. The van der Waals surface area contributed by atoms with Gasteiger partial charge in [0.05, 0.1) is 6.10 Å². The van der Waals surface area contributed by atoms with Crippen molar-refractivity contribution < 1.29 is 5.11 Å². The first-order valence-electron chi connectivity index (χ1n) is 4.72. The summed E-state index contributed by atoms with van der Waals surface area (Å²) in [7, 11) is 3.95. The van der Waals surface area contributed by atoms with Crippen LogP contribution in [-0.2, 0) is 6.54 Å². The minimum Gasteiger partial charge on any atom is -0.389 e. The number of halogens is 2. The van der Waals surface area contributed by atoms with Crippen LogP contribution in [0.2, 0.25) is 10.0 Å². The summed E-state index contributed by atoms with van der Waals surface area (Å²) < 4.78 is 0. The predicted molar refractivity (Wildman–Crippen MR) is 64.5 cm³/mol. The fraction of sp³-hybridized carbons (Fsp3) is 0.455. The number of rotatable bonds is 3. The van der Waals surface area contributed by atoms with E-state index in [9.17, 15) is 5.11 Å². The topological polar surface area (TPSA) is 23.5 Å². The summed E-state index contributed by atoms with van der Waals surface area (Å²) in [6.07, 6.45) is -0.640. The first-order valence-corrected chi connectivity index (χ1v) is 5.48. The lowest BCUT2D eigenvalue weighted by molar-refractivity contribution is 0.199.